The van der Waals surface area contributed by atoms with Gasteiger partial charge in [0.25, 0.3) is 0 Å². The molecule has 2 atom stereocenters. The van der Waals surface area contributed by atoms with Crippen LogP contribution in [-0.2, 0) is 15.1 Å². The standard InChI is InChI=1S/C24H20O3/c25-23(20-12-6-2-7-13-20)24(21-14-8-3-9-15-21)18-26-22(27-24)17-16-19-10-4-1-5-11-19/h1-17,22H,18H2. The highest BCUT2D eigenvalue weighted by molar-refractivity contribution is 6.03. The molecule has 0 amide bonds. The molecule has 0 spiro atoms. The lowest BCUT2D eigenvalue weighted by molar-refractivity contribution is -0.0482. The van der Waals surface area contributed by atoms with Gasteiger partial charge in [0.05, 0.1) is 6.61 Å². The summed E-state index contributed by atoms with van der Waals surface area (Å²) in [7, 11) is 0. The van der Waals surface area contributed by atoms with Gasteiger partial charge < -0.3 is 9.47 Å². The van der Waals surface area contributed by atoms with E-state index in [0.29, 0.717) is 5.56 Å². The van der Waals surface area contributed by atoms with Gasteiger partial charge >= 0.3 is 0 Å². The Labute approximate surface area is 158 Å². The van der Waals surface area contributed by atoms with E-state index in [1.807, 2.05) is 103 Å². The van der Waals surface area contributed by atoms with Crippen LogP contribution in [0.4, 0.5) is 0 Å². The maximum Gasteiger partial charge on any atom is 0.201 e. The van der Waals surface area contributed by atoms with E-state index >= 15 is 0 Å². The van der Waals surface area contributed by atoms with Crippen molar-refractivity contribution in [1.29, 1.82) is 0 Å². The minimum Gasteiger partial charge on any atom is -0.345 e. The number of carbonyl (C=O) groups excluding carboxylic acids is 1. The molecule has 3 aromatic rings. The molecule has 3 heteroatoms. The highest BCUT2D eigenvalue weighted by atomic mass is 16.7. The van der Waals surface area contributed by atoms with Crippen LogP contribution in [0.15, 0.2) is 97.1 Å². The fourth-order valence-corrected chi connectivity index (χ4v) is 3.25. The van der Waals surface area contributed by atoms with Crippen molar-refractivity contribution in [2.75, 3.05) is 6.61 Å². The van der Waals surface area contributed by atoms with Gasteiger partial charge in [0, 0.05) is 5.56 Å². The Bertz CT molecular complexity index is 920. The van der Waals surface area contributed by atoms with E-state index in [1.54, 1.807) is 0 Å². The fraction of sp³-hybridized carbons (Fsp3) is 0.125. The van der Waals surface area contributed by atoms with Crippen LogP contribution in [0, 0.1) is 0 Å². The predicted octanol–water partition coefficient (Wildman–Crippen LogP) is 4.85. The second-order valence-corrected chi connectivity index (χ2v) is 6.46. The third kappa shape index (κ3) is 3.61. The van der Waals surface area contributed by atoms with Gasteiger partial charge in [-0.05, 0) is 17.2 Å². The molecule has 1 aliphatic heterocycles. The van der Waals surface area contributed by atoms with Gasteiger partial charge in [-0.25, -0.2) is 0 Å². The first-order valence-electron chi connectivity index (χ1n) is 8.96. The van der Waals surface area contributed by atoms with Crippen molar-refractivity contribution in [2.24, 2.45) is 0 Å². The summed E-state index contributed by atoms with van der Waals surface area (Å²) in [5.74, 6) is -0.0927. The molecule has 4 rings (SSSR count). The lowest BCUT2D eigenvalue weighted by Gasteiger charge is -2.26. The van der Waals surface area contributed by atoms with Gasteiger partial charge in [-0.1, -0.05) is 97.1 Å². The Balaban J connectivity index is 1.65. The van der Waals surface area contributed by atoms with Gasteiger partial charge in [-0.15, -0.1) is 0 Å². The van der Waals surface area contributed by atoms with Gasteiger partial charge in [0.1, 0.15) is 0 Å². The maximum absolute atomic E-state index is 13.4. The summed E-state index contributed by atoms with van der Waals surface area (Å²) in [5.41, 5.74) is 1.32. The summed E-state index contributed by atoms with van der Waals surface area (Å²) in [6, 6.07) is 28.7. The third-order valence-electron chi connectivity index (χ3n) is 4.66. The highest BCUT2D eigenvalue weighted by Crippen LogP contribution is 2.37. The third-order valence-corrected chi connectivity index (χ3v) is 4.66. The molecule has 0 N–H and O–H groups in total. The van der Waals surface area contributed by atoms with E-state index in [9.17, 15) is 4.79 Å². The number of ether oxygens (including phenoxy) is 2. The van der Waals surface area contributed by atoms with Crippen molar-refractivity contribution >= 4 is 11.9 Å². The van der Waals surface area contributed by atoms with Gasteiger partial charge in [-0.3, -0.25) is 4.79 Å². The second kappa shape index (κ2) is 7.70. The topological polar surface area (TPSA) is 35.5 Å². The van der Waals surface area contributed by atoms with Crippen LogP contribution in [-0.4, -0.2) is 18.7 Å². The highest BCUT2D eigenvalue weighted by Gasteiger charge is 2.48. The van der Waals surface area contributed by atoms with E-state index in [1.165, 1.54) is 0 Å². The molecular weight excluding hydrogens is 336 g/mol. The molecule has 27 heavy (non-hydrogen) atoms. The van der Waals surface area contributed by atoms with Crippen LogP contribution in [0.3, 0.4) is 0 Å². The Kier molecular flexibility index (Phi) is 4.97. The zero-order valence-electron chi connectivity index (χ0n) is 14.8. The summed E-state index contributed by atoms with van der Waals surface area (Å²) in [6.07, 6.45) is 3.20. The lowest BCUT2D eigenvalue weighted by Crippen LogP contribution is -2.38. The molecule has 1 heterocycles. The van der Waals surface area contributed by atoms with E-state index in [0.717, 1.165) is 11.1 Å². The number of Topliss-reactive ketones (excluding diaryl/α,β-unsaturated/α-hetero) is 1. The van der Waals surface area contributed by atoms with Crippen LogP contribution < -0.4 is 0 Å². The smallest absolute Gasteiger partial charge is 0.201 e. The molecule has 2 unspecified atom stereocenters. The molecule has 0 radical (unpaired) electrons. The molecule has 1 saturated heterocycles. The average molecular weight is 356 g/mol. The molecule has 0 bridgehead atoms. The maximum atomic E-state index is 13.4. The first-order valence-corrected chi connectivity index (χ1v) is 8.96. The summed E-state index contributed by atoms with van der Waals surface area (Å²) < 4.78 is 12.1. The number of hydrogen-bond acceptors (Lipinski definition) is 3. The number of ketones is 1. The Morgan fingerprint density at radius 1 is 0.852 bits per heavy atom. The van der Waals surface area contributed by atoms with Gasteiger partial charge in [0.15, 0.2) is 11.9 Å². The molecule has 0 aliphatic carbocycles. The molecule has 3 aromatic carbocycles. The van der Waals surface area contributed by atoms with Crippen molar-refractivity contribution in [1.82, 2.24) is 0 Å². The Morgan fingerprint density at radius 2 is 1.44 bits per heavy atom. The van der Waals surface area contributed by atoms with Crippen LogP contribution in [0.5, 0.6) is 0 Å². The van der Waals surface area contributed by atoms with Crippen molar-refractivity contribution in [3.05, 3.63) is 114 Å². The number of hydrogen-bond donors (Lipinski definition) is 0. The zero-order chi connectivity index (χ0) is 18.5. The van der Waals surface area contributed by atoms with E-state index in [-0.39, 0.29) is 12.4 Å². The van der Waals surface area contributed by atoms with Crippen LogP contribution in [0.2, 0.25) is 0 Å². The summed E-state index contributed by atoms with van der Waals surface area (Å²) in [5, 5.41) is 0. The zero-order valence-corrected chi connectivity index (χ0v) is 14.8. The molecule has 134 valence electrons. The summed E-state index contributed by atoms with van der Waals surface area (Å²) in [4.78, 5) is 13.4. The minimum absolute atomic E-state index is 0.0927. The monoisotopic (exact) mass is 356 g/mol. The SMILES string of the molecule is O=C(c1ccccc1)C1(c2ccccc2)COC(C=Cc2ccccc2)O1. The predicted molar refractivity (Wildman–Crippen MR) is 105 cm³/mol. The lowest BCUT2D eigenvalue weighted by atomic mass is 9.86. The summed E-state index contributed by atoms with van der Waals surface area (Å²) in [6.45, 7) is 0.175. The molecule has 3 nitrogen and oxygen atoms in total. The fourth-order valence-electron chi connectivity index (χ4n) is 3.25. The number of benzene rings is 3. The molecule has 1 fully saturated rings. The number of rotatable bonds is 5. The van der Waals surface area contributed by atoms with E-state index < -0.39 is 11.9 Å². The largest absolute Gasteiger partial charge is 0.345 e. The van der Waals surface area contributed by atoms with E-state index in [2.05, 4.69) is 0 Å². The molecule has 0 aromatic heterocycles. The number of carbonyl (C=O) groups is 1. The molecule has 0 saturated carbocycles. The van der Waals surface area contributed by atoms with E-state index in [4.69, 9.17) is 9.47 Å². The summed E-state index contributed by atoms with van der Waals surface area (Å²) >= 11 is 0. The van der Waals surface area contributed by atoms with Crippen LogP contribution in [0.1, 0.15) is 21.5 Å². The van der Waals surface area contributed by atoms with Crippen molar-refractivity contribution in [2.45, 2.75) is 11.9 Å². The molecular formula is C24H20O3. The minimum atomic E-state index is -1.14. The van der Waals surface area contributed by atoms with Gasteiger partial charge in [0.2, 0.25) is 5.78 Å². The average Bonchev–Trinajstić information content (AvgIpc) is 3.19. The van der Waals surface area contributed by atoms with Crippen molar-refractivity contribution in [3.8, 4) is 0 Å². The normalized spacial score (nSPS) is 22.1. The Morgan fingerprint density at radius 3 is 2.11 bits per heavy atom. The Hall–Kier alpha value is -3.01. The van der Waals surface area contributed by atoms with Crippen LogP contribution in [0.25, 0.3) is 6.08 Å². The molecule has 1 aliphatic rings. The first kappa shape index (κ1) is 17.4. The van der Waals surface area contributed by atoms with Crippen molar-refractivity contribution in [3.63, 3.8) is 0 Å². The second-order valence-electron chi connectivity index (χ2n) is 6.46. The first-order chi connectivity index (χ1) is 13.3. The van der Waals surface area contributed by atoms with Gasteiger partial charge in [-0.2, -0.15) is 0 Å². The van der Waals surface area contributed by atoms with Crippen molar-refractivity contribution < 1.29 is 14.3 Å². The van der Waals surface area contributed by atoms with Crippen LogP contribution >= 0.6 is 0 Å². The quantitative estimate of drug-likeness (QED) is 0.613.